The van der Waals surface area contributed by atoms with Crippen LogP contribution in [-0.4, -0.2) is 36.7 Å². The van der Waals surface area contributed by atoms with Crippen LogP contribution < -0.4 is 10.2 Å². The normalized spacial score (nSPS) is 10.9. The summed E-state index contributed by atoms with van der Waals surface area (Å²) in [6, 6.07) is 2.42. The van der Waals surface area contributed by atoms with E-state index in [1.165, 1.54) is 19.3 Å². The lowest BCUT2D eigenvalue weighted by Gasteiger charge is -2.28. The first kappa shape index (κ1) is 16.7. The Bertz CT molecular complexity index is 395. The highest BCUT2D eigenvalue weighted by Gasteiger charge is 2.14. The van der Waals surface area contributed by atoms with Crippen LogP contribution in [0.2, 0.25) is 0 Å². The Balaban J connectivity index is 2.95. The Morgan fingerprint density at radius 1 is 1.30 bits per heavy atom. The van der Waals surface area contributed by atoms with E-state index in [2.05, 4.69) is 41.0 Å². The van der Waals surface area contributed by atoms with Gasteiger partial charge in [-0.1, -0.05) is 19.8 Å². The average Bonchev–Trinajstić information content (AvgIpc) is 2.43. The monoisotopic (exact) mass is 280 g/mol. The van der Waals surface area contributed by atoms with Crippen molar-refractivity contribution in [3.05, 3.63) is 11.9 Å². The fourth-order valence-corrected chi connectivity index (χ4v) is 2.12. The van der Waals surface area contributed by atoms with Crippen molar-refractivity contribution >= 4 is 11.6 Å². The summed E-state index contributed by atoms with van der Waals surface area (Å²) in [5, 5.41) is 3.09. The average molecular weight is 280 g/mol. The summed E-state index contributed by atoms with van der Waals surface area (Å²) >= 11 is 0. The van der Waals surface area contributed by atoms with E-state index in [4.69, 9.17) is 4.74 Å². The van der Waals surface area contributed by atoms with Crippen molar-refractivity contribution in [2.75, 3.05) is 30.9 Å². The molecule has 20 heavy (non-hydrogen) atoms. The lowest BCUT2D eigenvalue weighted by Crippen LogP contribution is -2.33. The standard InChI is InChI=1S/C15H28N4O/c1-6-7-8-9-19(12(2)3)15-10-13(16-4)17-14(18-15)11-20-5/h10,12H,6-9,11H2,1-5H3,(H,16,17,18). The van der Waals surface area contributed by atoms with E-state index in [1.54, 1.807) is 7.11 Å². The molecule has 1 aromatic rings. The summed E-state index contributed by atoms with van der Waals surface area (Å²) in [4.78, 5) is 11.4. The molecule has 0 fully saturated rings. The second-order valence-electron chi connectivity index (χ2n) is 5.20. The van der Waals surface area contributed by atoms with E-state index < -0.39 is 0 Å². The van der Waals surface area contributed by atoms with Crippen LogP contribution in [0, 0.1) is 0 Å². The summed E-state index contributed by atoms with van der Waals surface area (Å²) in [7, 11) is 3.54. The molecular formula is C15H28N4O. The number of hydrogen-bond donors (Lipinski definition) is 1. The zero-order valence-corrected chi connectivity index (χ0v) is 13.4. The van der Waals surface area contributed by atoms with Crippen LogP contribution in [-0.2, 0) is 11.3 Å². The number of nitrogens with zero attached hydrogens (tertiary/aromatic N) is 3. The van der Waals surface area contributed by atoms with Gasteiger partial charge >= 0.3 is 0 Å². The molecule has 0 spiro atoms. The van der Waals surface area contributed by atoms with Gasteiger partial charge in [0.1, 0.15) is 18.2 Å². The SMILES string of the molecule is CCCCCN(c1cc(NC)nc(COC)n1)C(C)C. The topological polar surface area (TPSA) is 50.3 Å². The van der Waals surface area contributed by atoms with Crippen molar-refractivity contribution in [3.63, 3.8) is 0 Å². The molecule has 0 saturated heterocycles. The molecule has 0 aliphatic carbocycles. The Kier molecular flexibility index (Phi) is 7.30. The van der Waals surface area contributed by atoms with Gasteiger partial charge in [-0.3, -0.25) is 0 Å². The lowest BCUT2D eigenvalue weighted by atomic mass is 10.2. The predicted molar refractivity (Wildman–Crippen MR) is 84.3 cm³/mol. The molecule has 0 unspecified atom stereocenters. The number of anilines is 2. The molecule has 5 heteroatoms. The van der Waals surface area contributed by atoms with E-state index in [0.717, 1.165) is 24.0 Å². The summed E-state index contributed by atoms with van der Waals surface area (Å²) in [6.45, 7) is 8.08. The Morgan fingerprint density at radius 3 is 2.60 bits per heavy atom. The maximum atomic E-state index is 5.15. The largest absolute Gasteiger partial charge is 0.377 e. The van der Waals surface area contributed by atoms with Gasteiger partial charge in [0.25, 0.3) is 0 Å². The van der Waals surface area contributed by atoms with Gasteiger partial charge in [-0.25, -0.2) is 9.97 Å². The Morgan fingerprint density at radius 2 is 2.05 bits per heavy atom. The van der Waals surface area contributed by atoms with E-state index in [-0.39, 0.29) is 0 Å². The Labute approximate surface area is 122 Å². The number of ether oxygens (including phenoxy) is 1. The molecule has 0 saturated carbocycles. The number of hydrogen-bond acceptors (Lipinski definition) is 5. The molecule has 0 aromatic carbocycles. The number of rotatable bonds is 9. The third kappa shape index (κ3) is 4.96. The van der Waals surface area contributed by atoms with Crippen molar-refractivity contribution < 1.29 is 4.74 Å². The van der Waals surface area contributed by atoms with Gasteiger partial charge in [0.15, 0.2) is 5.82 Å². The maximum absolute atomic E-state index is 5.15. The van der Waals surface area contributed by atoms with Crippen LogP contribution in [0.15, 0.2) is 6.07 Å². The molecule has 0 aliphatic heterocycles. The maximum Gasteiger partial charge on any atom is 0.158 e. The second kappa shape index (κ2) is 8.74. The van der Waals surface area contributed by atoms with E-state index in [9.17, 15) is 0 Å². The number of nitrogens with one attached hydrogen (secondary N) is 1. The minimum Gasteiger partial charge on any atom is -0.377 e. The van der Waals surface area contributed by atoms with Gasteiger partial charge in [0, 0.05) is 32.8 Å². The van der Waals surface area contributed by atoms with Crippen LogP contribution in [0.3, 0.4) is 0 Å². The summed E-state index contributed by atoms with van der Waals surface area (Å²) in [6.07, 6.45) is 3.66. The van der Waals surface area contributed by atoms with E-state index >= 15 is 0 Å². The molecule has 1 heterocycles. The smallest absolute Gasteiger partial charge is 0.158 e. The molecule has 0 aliphatic rings. The molecule has 1 N–H and O–H groups in total. The molecule has 0 radical (unpaired) electrons. The molecule has 1 rings (SSSR count). The first-order valence-corrected chi connectivity index (χ1v) is 7.43. The van der Waals surface area contributed by atoms with Gasteiger partial charge in [0.05, 0.1) is 0 Å². The van der Waals surface area contributed by atoms with Gasteiger partial charge in [-0.05, 0) is 20.3 Å². The third-order valence-electron chi connectivity index (χ3n) is 3.21. The van der Waals surface area contributed by atoms with Crippen molar-refractivity contribution in [1.82, 2.24) is 9.97 Å². The molecule has 0 atom stereocenters. The number of unbranched alkanes of at least 4 members (excludes halogenated alkanes) is 2. The van der Waals surface area contributed by atoms with Crippen molar-refractivity contribution in [3.8, 4) is 0 Å². The van der Waals surface area contributed by atoms with Gasteiger partial charge < -0.3 is 15.0 Å². The highest BCUT2D eigenvalue weighted by Crippen LogP contribution is 2.19. The highest BCUT2D eigenvalue weighted by molar-refractivity contribution is 5.49. The molecule has 0 bridgehead atoms. The minimum atomic E-state index is 0.418. The first-order valence-electron chi connectivity index (χ1n) is 7.43. The van der Waals surface area contributed by atoms with Gasteiger partial charge in [-0.15, -0.1) is 0 Å². The molecule has 0 amide bonds. The minimum absolute atomic E-state index is 0.418. The molecule has 1 aromatic heterocycles. The van der Waals surface area contributed by atoms with Crippen molar-refractivity contribution in [1.29, 1.82) is 0 Å². The summed E-state index contributed by atoms with van der Waals surface area (Å²) in [5.74, 6) is 2.53. The van der Waals surface area contributed by atoms with Gasteiger partial charge in [0.2, 0.25) is 0 Å². The van der Waals surface area contributed by atoms with Crippen LogP contribution in [0.25, 0.3) is 0 Å². The quantitative estimate of drug-likeness (QED) is 0.704. The van der Waals surface area contributed by atoms with Crippen LogP contribution in [0.4, 0.5) is 11.6 Å². The lowest BCUT2D eigenvalue weighted by molar-refractivity contribution is 0.178. The third-order valence-corrected chi connectivity index (χ3v) is 3.21. The van der Waals surface area contributed by atoms with Crippen LogP contribution >= 0.6 is 0 Å². The fraction of sp³-hybridized carbons (Fsp3) is 0.733. The predicted octanol–water partition coefficient (Wildman–Crippen LogP) is 3.07. The van der Waals surface area contributed by atoms with Crippen molar-refractivity contribution in [2.45, 2.75) is 52.7 Å². The van der Waals surface area contributed by atoms with Crippen LogP contribution in [0.5, 0.6) is 0 Å². The summed E-state index contributed by atoms with van der Waals surface area (Å²) in [5.41, 5.74) is 0. The second-order valence-corrected chi connectivity index (χ2v) is 5.20. The number of methoxy groups -OCH3 is 1. The van der Waals surface area contributed by atoms with E-state index in [1.807, 2.05) is 13.1 Å². The zero-order valence-electron chi connectivity index (χ0n) is 13.4. The fourth-order valence-electron chi connectivity index (χ4n) is 2.12. The molecular weight excluding hydrogens is 252 g/mol. The van der Waals surface area contributed by atoms with Gasteiger partial charge in [-0.2, -0.15) is 0 Å². The molecule has 5 nitrogen and oxygen atoms in total. The van der Waals surface area contributed by atoms with Crippen molar-refractivity contribution in [2.24, 2.45) is 0 Å². The number of aromatic nitrogens is 2. The van der Waals surface area contributed by atoms with E-state index in [0.29, 0.717) is 12.6 Å². The highest BCUT2D eigenvalue weighted by atomic mass is 16.5. The first-order chi connectivity index (χ1) is 9.62. The van der Waals surface area contributed by atoms with Crippen LogP contribution in [0.1, 0.15) is 45.9 Å². The molecule has 114 valence electrons. The zero-order chi connectivity index (χ0) is 15.0. The summed E-state index contributed by atoms with van der Waals surface area (Å²) < 4.78 is 5.15. The Hall–Kier alpha value is -1.36.